The summed E-state index contributed by atoms with van der Waals surface area (Å²) in [6.45, 7) is 4.38. The van der Waals surface area contributed by atoms with E-state index < -0.39 is 5.97 Å². The number of hydrogen-bond acceptors (Lipinski definition) is 7. The van der Waals surface area contributed by atoms with Gasteiger partial charge in [0.1, 0.15) is 11.0 Å². The predicted octanol–water partition coefficient (Wildman–Crippen LogP) is 6.04. The Balaban J connectivity index is 1.42. The highest BCUT2D eigenvalue weighted by molar-refractivity contribution is 7.15. The molecular weight excluding hydrogens is 516 g/mol. The first-order valence-corrected chi connectivity index (χ1v) is 15.5. The van der Waals surface area contributed by atoms with E-state index in [1.165, 1.54) is 30.4 Å². The van der Waals surface area contributed by atoms with E-state index >= 15 is 0 Å². The van der Waals surface area contributed by atoms with Crippen LogP contribution in [-0.4, -0.2) is 68.4 Å². The van der Waals surface area contributed by atoms with Crippen LogP contribution in [0.5, 0.6) is 0 Å². The molecule has 0 spiro atoms. The molecular formula is C30H42N2O6S. The van der Waals surface area contributed by atoms with Crippen LogP contribution in [0.3, 0.4) is 0 Å². The van der Waals surface area contributed by atoms with Gasteiger partial charge in [0, 0.05) is 36.3 Å². The summed E-state index contributed by atoms with van der Waals surface area (Å²) in [6, 6.07) is 1.91. The molecule has 1 aromatic heterocycles. The number of ether oxygens (including phenoxy) is 3. The van der Waals surface area contributed by atoms with Crippen LogP contribution >= 0.6 is 11.3 Å². The number of hydrogen-bond donors (Lipinski definition) is 0. The summed E-state index contributed by atoms with van der Waals surface area (Å²) < 4.78 is 16.5. The Morgan fingerprint density at radius 1 is 1.05 bits per heavy atom. The van der Waals surface area contributed by atoms with Gasteiger partial charge in [0.15, 0.2) is 0 Å². The standard InChI is InChI=1S/C30H42N2O6S/c1-20-8-10-22(11-9-20)28(33)32(23-12-13-24(18-23)38-30(35)31-14-16-37-17-15-31)25-19-26(21-6-4-3-5-7-21)39-27(25)29(34)36-2/h6,19-20,22-24H,3-5,7-18H2,1-2H3. The van der Waals surface area contributed by atoms with Gasteiger partial charge in [-0.3, -0.25) is 4.79 Å². The lowest BCUT2D eigenvalue weighted by Gasteiger charge is -2.35. The minimum absolute atomic E-state index is 0.0566. The normalized spacial score (nSPS) is 27.5. The second kappa shape index (κ2) is 12.9. The Hall–Kier alpha value is -2.39. The zero-order valence-electron chi connectivity index (χ0n) is 23.3. The van der Waals surface area contributed by atoms with Gasteiger partial charge in [0.25, 0.3) is 0 Å². The van der Waals surface area contributed by atoms with Crippen LogP contribution in [-0.2, 0) is 19.0 Å². The van der Waals surface area contributed by atoms with Crippen molar-refractivity contribution in [3.8, 4) is 0 Å². The van der Waals surface area contributed by atoms with Gasteiger partial charge in [-0.2, -0.15) is 0 Å². The van der Waals surface area contributed by atoms with E-state index in [1.807, 2.05) is 11.0 Å². The molecule has 214 valence electrons. The van der Waals surface area contributed by atoms with E-state index in [1.54, 1.807) is 4.90 Å². The molecule has 0 N–H and O–H groups in total. The number of amides is 2. The van der Waals surface area contributed by atoms with E-state index in [4.69, 9.17) is 14.2 Å². The van der Waals surface area contributed by atoms with Crippen molar-refractivity contribution in [1.29, 1.82) is 0 Å². The van der Waals surface area contributed by atoms with E-state index in [9.17, 15) is 14.4 Å². The lowest BCUT2D eigenvalue weighted by molar-refractivity contribution is -0.124. The number of morpholine rings is 1. The van der Waals surface area contributed by atoms with Gasteiger partial charge in [-0.15, -0.1) is 11.3 Å². The zero-order valence-corrected chi connectivity index (χ0v) is 24.1. The van der Waals surface area contributed by atoms with Crippen LogP contribution in [0.2, 0.25) is 0 Å². The number of methoxy groups -OCH3 is 1. The maximum atomic E-state index is 14.3. The molecule has 2 heterocycles. The predicted molar refractivity (Wildman–Crippen MR) is 151 cm³/mol. The molecule has 0 aromatic carbocycles. The number of carbonyl (C=O) groups excluding carboxylic acids is 3. The Labute approximate surface area is 235 Å². The average molecular weight is 559 g/mol. The molecule has 1 aliphatic heterocycles. The van der Waals surface area contributed by atoms with E-state index in [0.29, 0.717) is 55.6 Å². The lowest BCUT2D eigenvalue weighted by Crippen LogP contribution is -2.45. The molecule has 2 atom stereocenters. The summed E-state index contributed by atoms with van der Waals surface area (Å²) in [5.41, 5.74) is 1.92. The fraction of sp³-hybridized carbons (Fsp3) is 0.700. The quantitative estimate of drug-likeness (QED) is 0.396. The number of allylic oxidation sites excluding steroid dienone is 2. The Morgan fingerprint density at radius 2 is 1.82 bits per heavy atom. The smallest absolute Gasteiger partial charge is 0.410 e. The second-order valence-corrected chi connectivity index (χ2v) is 12.6. The molecule has 9 heteroatoms. The SMILES string of the molecule is COC(=O)c1sc(C2=CCCCC2)cc1N(C(=O)C1CCC(C)CC1)C1CCC(OC(=O)N2CCOCC2)C1. The van der Waals surface area contributed by atoms with Crippen LogP contribution in [0.1, 0.15) is 92.1 Å². The van der Waals surface area contributed by atoms with Crippen LogP contribution < -0.4 is 4.90 Å². The van der Waals surface area contributed by atoms with Gasteiger partial charge in [-0.25, -0.2) is 9.59 Å². The van der Waals surface area contributed by atoms with Gasteiger partial charge < -0.3 is 24.0 Å². The molecule has 3 fully saturated rings. The summed E-state index contributed by atoms with van der Waals surface area (Å²) in [4.78, 5) is 45.2. The van der Waals surface area contributed by atoms with Crippen molar-refractivity contribution >= 4 is 40.6 Å². The molecule has 4 aliphatic rings. The molecule has 2 saturated carbocycles. The fourth-order valence-electron chi connectivity index (χ4n) is 6.44. The molecule has 0 bridgehead atoms. The zero-order chi connectivity index (χ0) is 27.4. The molecule has 3 aliphatic carbocycles. The van der Waals surface area contributed by atoms with Crippen molar-refractivity contribution in [2.75, 3.05) is 38.3 Å². The largest absolute Gasteiger partial charge is 0.465 e. The van der Waals surface area contributed by atoms with E-state index in [0.717, 1.165) is 56.2 Å². The van der Waals surface area contributed by atoms with Crippen LogP contribution in [0.4, 0.5) is 10.5 Å². The number of nitrogens with zero attached hydrogens (tertiary/aromatic N) is 2. The molecule has 5 rings (SSSR count). The molecule has 0 radical (unpaired) electrons. The summed E-state index contributed by atoms with van der Waals surface area (Å²) in [5.74, 6) is 0.272. The minimum atomic E-state index is -0.402. The number of carbonyl (C=O) groups is 3. The van der Waals surface area contributed by atoms with Crippen molar-refractivity contribution in [3.05, 3.63) is 21.9 Å². The van der Waals surface area contributed by atoms with E-state index in [2.05, 4.69) is 13.0 Å². The van der Waals surface area contributed by atoms with Crippen molar-refractivity contribution in [3.63, 3.8) is 0 Å². The lowest BCUT2D eigenvalue weighted by atomic mass is 9.82. The maximum Gasteiger partial charge on any atom is 0.410 e. The van der Waals surface area contributed by atoms with Crippen molar-refractivity contribution in [2.45, 2.75) is 89.7 Å². The van der Waals surface area contributed by atoms with Crippen LogP contribution in [0.15, 0.2) is 12.1 Å². The highest BCUT2D eigenvalue weighted by atomic mass is 32.1. The number of thiophene rings is 1. The van der Waals surface area contributed by atoms with Gasteiger partial charge in [0.05, 0.1) is 26.0 Å². The second-order valence-electron chi connectivity index (χ2n) is 11.5. The average Bonchev–Trinajstić information content (AvgIpc) is 3.62. The topological polar surface area (TPSA) is 85.4 Å². The first kappa shape index (κ1) is 28.1. The maximum absolute atomic E-state index is 14.3. The monoisotopic (exact) mass is 558 g/mol. The van der Waals surface area contributed by atoms with Gasteiger partial charge in [-0.1, -0.05) is 13.0 Å². The number of esters is 1. The van der Waals surface area contributed by atoms with Crippen molar-refractivity contribution < 1.29 is 28.6 Å². The van der Waals surface area contributed by atoms with Crippen molar-refractivity contribution in [1.82, 2.24) is 4.90 Å². The minimum Gasteiger partial charge on any atom is -0.465 e. The Morgan fingerprint density at radius 3 is 2.51 bits per heavy atom. The molecule has 2 amide bonds. The molecule has 1 saturated heterocycles. The highest BCUT2D eigenvalue weighted by Gasteiger charge is 2.40. The highest BCUT2D eigenvalue weighted by Crippen LogP contribution is 2.43. The first-order chi connectivity index (χ1) is 18.9. The molecule has 39 heavy (non-hydrogen) atoms. The van der Waals surface area contributed by atoms with Crippen LogP contribution in [0.25, 0.3) is 5.57 Å². The van der Waals surface area contributed by atoms with Gasteiger partial charge in [-0.05, 0) is 81.8 Å². The van der Waals surface area contributed by atoms with Crippen LogP contribution in [0, 0.1) is 11.8 Å². The summed E-state index contributed by atoms with van der Waals surface area (Å²) in [5, 5.41) is 0. The summed E-state index contributed by atoms with van der Waals surface area (Å²) >= 11 is 1.44. The third kappa shape index (κ3) is 6.51. The fourth-order valence-corrected chi connectivity index (χ4v) is 7.58. The first-order valence-electron chi connectivity index (χ1n) is 14.7. The third-order valence-corrected chi connectivity index (χ3v) is 9.99. The summed E-state index contributed by atoms with van der Waals surface area (Å²) in [6.07, 6.45) is 11.9. The number of anilines is 1. The van der Waals surface area contributed by atoms with E-state index in [-0.39, 0.29) is 30.1 Å². The molecule has 8 nitrogen and oxygen atoms in total. The molecule has 1 aromatic rings. The Kier molecular flexibility index (Phi) is 9.28. The Bertz CT molecular complexity index is 1070. The van der Waals surface area contributed by atoms with Crippen molar-refractivity contribution in [2.24, 2.45) is 11.8 Å². The van der Waals surface area contributed by atoms with Gasteiger partial charge in [0.2, 0.25) is 5.91 Å². The summed E-state index contributed by atoms with van der Waals surface area (Å²) in [7, 11) is 1.40. The number of rotatable bonds is 6. The van der Waals surface area contributed by atoms with Gasteiger partial charge >= 0.3 is 12.1 Å². The molecule has 2 unspecified atom stereocenters. The third-order valence-electron chi connectivity index (χ3n) is 8.81.